The van der Waals surface area contributed by atoms with Crippen molar-refractivity contribution >= 4 is 17.7 Å². The molecule has 4 rings (SSSR count). The third-order valence-electron chi connectivity index (χ3n) is 4.90. The quantitative estimate of drug-likeness (QED) is 0.789. The van der Waals surface area contributed by atoms with Crippen LogP contribution in [0.3, 0.4) is 0 Å². The van der Waals surface area contributed by atoms with Gasteiger partial charge in [0.2, 0.25) is 12.7 Å². The summed E-state index contributed by atoms with van der Waals surface area (Å²) in [5.74, 6) is 1.69. The summed E-state index contributed by atoms with van der Waals surface area (Å²) in [6.07, 6.45) is 0. The second-order valence-corrected chi connectivity index (χ2v) is 7.73. The molecule has 0 radical (unpaired) electrons. The van der Waals surface area contributed by atoms with Crippen LogP contribution in [0.25, 0.3) is 0 Å². The molecule has 2 heterocycles. The predicted molar refractivity (Wildman–Crippen MR) is 101 cm³/mol. The maximum Gasteiger partial charge on any atom is 0.233 e. The molecule has 1 N–H and O–H groups in total. The fourth-order valence-corrected chi connectivity index (χ4v) is 4.22. The van der Waals surface area contributed by atoms with Gasteiger partial charge in [-0.1, -0.05) is 12.1 Å². The number of nitrogens with zero attached hydrogens (tertiary/aromatic N) is 1. The van der Waals surface area contributed by atoms with Crippen molar-refractivity contribution in [3.8, 4) is 11.5 Å². The van der Waals surface area contributed by atoms with Crippen molar-refractivity contribution in [2.45, 2.75) is 11.4 Å². The highest BCUT2D eigenvalue weighted by Crippen LogP contribution is 2.32. The lowest BCUT2D eigenvalue weighted by Gasteiger charge is -2.32. The molecule has 7 heteroatoms. The van der Waals surface area contributed by atoms with E-state index in [-0.39, 0.29) is 24.3 Å². The molecule has 0 atom stereocenters. The van der Waals surface area contributed by atoms with Crippen molar-refractivity contribution in [1.29, 1.82) is 0 Å². The van der Waals surface area contributed by atoms with Gasteiger partial charge in [-0.05, 0) is 30.3 Å². The largest absolute Gasteiger partial charge is 0.454 e. The number of carbonyl (C=O) groups excluding carboxylic acids is 1. The van der Waals surface area contributed by atoms with Crippen molar-refractivity contribution in [2.75, 3.05) is 38.7 Å². The zero-order valence-corrected chi connectivity index (χ0v) is 15.8. The highest BCUT2D eigenvalue weighted by atomic mass is 32.2. The minimum absolute atomic E-state index is 0.0744. The number of amides is 1. The summed E-state index contributed by atoms with van der Waals surface area (Å²) in [6, 6.07) is 12.6. The van der Waals surface area contributed by atoms with Gasteiger partial charge in [-0.15, -0.1) is 11.8 Å². The van der Waals surface area contributed by atoms with E-state index in [1.807, 2.05) is 17.0 Å². The number of nitrogens with one attached hydrogen (secondary N) is 1. The lowest BCUT2D eigenvalue weighted by atomic mass is 10.1. The molecule has 2 aromatic rings. The van der Waals surface area contributed by atoms with Gasteiger partial charge in [-0.2, -0.15) is 0 Å². The Labute approximate surface area is 162 Å². The fraction of sp³-hybridized carbons (Fsp3) is 0.350. The Morgan fingerprint density at radius 3 is 2.70 bits per heavy atom. The highest BCUT2D eigenvalue weighted by molar-refractivity contribution is 8.00. The number of carbonyl (C=O) groups is 1. The van der Waals surface area contributed by atoms with Gasteiger partial charge in [-0.25, -0.2) is 4.39 Å². The lowest BCUT2D eigenvalue weighted by molar-refractivity contribution is -0.917. The Balaban J connectivity index is 1.25. The van der Waals surface area contributed by atoms with Gasteiger partial charge in [-0.3, -0.25) is 4.79 Å². The van der Waals surface area contributed by atoms with Crippen LogP contribution in [0.1, 0.15) is 5.56 Å². The standard InChI is InChI=1S/C20H21FN2O3S/c21-16-3-1-2-4-19(16)27-13-20(24)23-9-7-22(8-10-23)12-15-5-6-17-18(11-15)26-14-25-17/h1-6,11H,7-10,12-14H2/p+1. The van der Waals surface area contributed by atoms with Gasteiger partial charge in [0.1, 0.15) is 12.4 Å². The molecule has 0 aliphatic carbocycles. The summed E-state index contributed by atoms with van der Waals surface area (Å²) in [6.45, 7) is 4.47. The van der Waals surface area contributed by atoms with Crippen LogP contribution in [0.5, 0.6) is 11.5 Å². The van der Waals surface area contributed by atoms with Crippen LogP contribution in [0.15, 0.2) is 47.4 Å². The van der Waals surface area contributed by atoms with E-state index in [2.05, 4.69) is 6.07 Å². The number of ether oxygens (including phenoxy) is 2. The second kappa shape index (κ2) is 8.19. The number of rotatable bonds is 5. The second-order valence-electron chi connectivity index (χ2n) is 6.71. The first kappa shape index (κ1) is 18.1. The molecule has 142 valence electrons. The monoisotopic (exact) mass is 389 g/mol. The molecule has 0 saturated carbocycles. The SMILES string of the molecule is O=C(CSc1ccccc1F)N1CC[NH+](Cc2ccc3c(c2)OCO3)CC1. The van der Waals surface area contributed by atoms with Gasteiger partial charge in [0.05, 0.1) is 31.9 Å². The first-order valence-electron chi connectivity index (χ1n) is 9.06. The third kappa shape index (κ3) is 4.36. The molecule has 0 aromatic heterocycles. The van der Waals surface area contributed by atoms with Crippen LogP contribution < -0.4 is 14.4 Å². The topological polar surface area (TPSA) is 43.2 Å². The molecule has 5 nitrogen and oxygen atoms in total. The van der Waals surface area contributed by atoms with Crippen LogP contribution in [-0.2, 0) is 11.3 Å². The van der Waals surface area contributed by atoms with E-state index >= 15 is 0 Å². The molecule has 0 unspecified atom stereocenters. The molecule has 2 aliphatic heterocycles. The van der Waals surface area contributed by atoms with E-state index in [4.69, 9.17) is 9.47 Å². The van der Waals surface area contributed by atoms with E-state index in [0.717, 1.165) is 44.2 Å². The summed E-state index contributed by atoms with van der Waals surface area (Å²) in [4.78, 5) is 16.3. The zero-order chi connectivity index (χ0) is 18.6. The van der Waals surface area contributed by atoms with Gasteiger partial charge >= 0.3 is 0 Å². The normalized spacial score (nSPS) is 16.6. The van der Waals surface area contributed by atoms with Crippen molar-refractivity contribution in [3.63, 3.8) is 0 Å². The number of hydrogen-bond donors (Lipinski definition) is 1. The fourth-order valence-electron chi connectivity index (χ4n) is 3.38. The first-order chi connectivity index (χ1) is 13.2. The Morgan fingerprint density at radius 1 is 1.11 bits per heavy atom. The minimum atomic E-state index is -0.270. The predicted octanol–water partition coefficient (Wildman–Crippen LogP) is 1.57. The number of piperazine rings is 1. The number of hydrogen-bond acceptors (Lipinski definition) is 4. The van der Waals surface area contributed by atoms with Crippen molar-refractivity contribution in [2.24, 2.45) is 0 Å². The highest BCUT2D eigenvalue weighted by Gasteiger charge is 2.24. The van der Waals surface area contributed by atoms with Crippen molar-refractivity contribution in [1.82, 2.24) is 4.90 Å². The average molecular weight is 389 g/mol. The summed E-state index contributed by atoms with van der Waals surface area (Å²) < 4.78 is 24.4. The van der Waals surface area contributed by atoms with E-state index in [1.165, 1.54) is 28.3 Å². The molecule has 2 aromatic carbocycles. The zero-order valence-electron chi connectivity index (χ0n) is 14.9. The van der Waals surface area contributed by atoms with Crippen LogP contribution in [0.2, 0.25) is 0 Å². The Hall–Kier alpha value is -2.25. The number of thioether (sulfide) groups is 1. The number of benzene rings is 2. The molecule has 1 saturated heterocycles. The number of fused-ring (bicyclic) bond motifs is 1. The van der Waals surface area contributed by atoms with Gasteiger partial charge in [0.25, 0.3) is 0 Å². The van der Waals surface area contributed by atoms with E-state index in [0.29, 0.717) is 4.90 Å². The molecule has 1 fully saturated rings. The summed E-state index contributed by atoms with van der Waals surface area (Å²) in [7, 11) is 0. The van der Waals surface area contributed by atoms with Crippen LogP contribution in [0.4, 0.5) is 4.39 Å². The molecular weight excluding hydrogens is 367 g/mol. The molecule has 1 amide bonds. The Bertz CT molecular complexity index is 825. The summed E-state index contributed by atoms with van der Waals surface area (Å²) in [5.41, 5.74) is 1.21. The maximum absolute atomic E-state index is 13.7. The Morgan fingerprint density at radius 2 is 1.89 bits per heavy atom. The smallest absolute Gasteiger partial charge is 0.233 e. The number of halogens is 1. The van der Waals surface area contributed by atoms with Crippen molar-refractivity contribution < 1.29 is 23.6 Å². The van der Waals surface area contributed by atoms with E-state index in [9.17, 15) is 9.18 Å². The lowest BCUT2D eigenvalue weighted by Crippen LogP contribution is -3.13. The third-order valence-corrected chi connectivity index (χ3v) is 5.94. The van der Waals surface area contributed by atoms with Crippen LogP contribution >= 0.6 is 11.8 Å². The molecular formula is C20H22FN2O3S+. The molecule has 0 bridgehead atoms. The first-order valence-corrected chi connectivity index (χ1v) is 10.0. The summed E-state index contributed by atoms with van der Waals surface area (Å²) >= 11 is 1.26. The Kier molecular flexibility index (Phi) is 5.50. The summed E-state index contributed by atoms with van der Waals surface area (Å²) in [5, 5.41) is 0. The van der Waals surface area contributed by atoms with Gasteiger partial charge in [0, 0.05) is 10.5 Å². The molecule has 2 aliphatic rings. The van der Waals surface area contributed by atoms with Crippen LogP contribution in [-0.4, -0.2) is 49.5 Å². The van der Waals surface area contributed by atoms with Crippen LogP contribution in [0, 0.1) is 5.82 Å². The minimum Gasteiger partial charge on any atom is -0.454 e. The molecule has 27 heavy (non-hydrogen) atoms. The maximum atomic E-state index is 13.7. The van der Waals surface area contributed by atoms with Gasteiger partial charge < -0.3 is 19.3 Å². The van der Waals surface area contributed by atoms with Crippen molar-refractivity contribution in [3.05, 3.63) is 53.8 Å². The van der Waals surface area contributed by atoms with Gasteiger partial charge in [0.15, 0.2) is 11.5 Å². The van der Waals surface area contributed by atoms with E-state index in [1.54, 1.807) is 18.2 Å². The average Bonchev–Trinajstić information content (AvgIpc) is 3.15. The molecule has 0 spiro atoms. The van der Waals surface area contributed by atoms with E-state index < -0.39 is 0 Å². The number of quaternary nitrogens is 1.